The van der Waals surface area contributed by atoms with Gasteiger partial charge in [0.25, 0.3) is 0 Å². The van der Waals surface area contributed by atoms with Crippen molar-refractivity contribution in [2.24, 2.45) is 0 Å². The number of carbonyl (C=O) groups excluding carboxylic acids is 1. The van der Waals surface area contributed by atoms with E-state index in [2.05, 4.69) is 6.58 Å². The van der Waals surface area contributed by atoms with Crippen molar-refractivity contribution >= 4 is 12.0 Å². The Morgan fingerprint density at radius 3 is 2.94 bits per heavy atom. The van der Waals surface area contributed by atoms with Crippen molar-refractivity contribution in [1.29, 1.82) is 0 Å². The third kappa shape index (κ3) is 2.73. The molecule has 0 saturated heterocycles. The highest BCUT2D eigenvalue weighted by molar-refractivity contribution is 5.72. The fourth-order valence-electron chi connectivity index (χ4n) is 2.18. The Morgan fingerprint density at radius 2 is 2.22 bits per heavy atom. The van der Waals surface area contributed by atoms with Crippen LogP contribution >= 0.6 is 0 Å². The van der Waals surface area contributed by atoms with Gasteiger partial charge in [-0.1, -0.05) is 17.7 Å². The number of fused-ring (bicyclic) bond motifs is 1. The van der Waals surface area contributed by atoms with Gasteiger partial charge in [-0.2, -0.15) is 0 Å². The lowest BCUT2D eigenvalue weighted by molar-refractivity contribution is -0.113. The zero-order valence-corrected chi connectivity index (χ0v) is 10.8. The second-order valence-electron chi connectivity index (χ2n) is 4.72. The minimum Gasteiger partial charge on any atom is -0.461 e. The lowest BCUT2D eigenvalue weighted by Crippen LogP contribution is -2.36. The highest BCUT2D eigenvalue weighted by atomic mass is 16.5. The molecular formula is C15H19NO2. The largest absolute Gasteiger partial charge is 0.461 e. The van der Waals surface area contributed by atoms with E-state index in [1.165, 1.54) is 5.57 Å². The van der Waals surface area contributed by atoms with Crippen LogP contribution < -0.4 is 9.64 Å². The third-order valence-electron chi connectivity index (χ3n) is 3.10. The zero-order valence-electron chi connectivity index (χ0n) is 10.8. The maximum Gasteiger partial charge on any atom is 0.229 e. The molecule has 0 N–H and O–H groups in total. The number of anilines is 1. The highest BCUT2D eigenvalue weighted by Gasteiger charge is 2.29. The van der Waals surface area contributed by atoms with E-state index >= 15 is 0 Å². The van der Waals surface area contributed by atoms with Crippen LogP contribution in [0.15, 0.2) is 36.4 Å². The summed E-state index contributed by atoms with van der Waals surface area (Å²) in [5.41, 5.74) is 2.23. The molecule has 0 spiro atoms. The molecule has 0 radical (unpaired) electrons. The Hall–Kier alpha value is -1.77. The topological polar surface area (TPSA) is 29.5 Å². The molecule has 0 aromatic heterocycles. The molecule has 1 heterocycles. The minimum absolute atomic E-state index is 0.466. The van der Waals surface area contributed by atoms with Gasteiger partial charge in [0.2, 0.25) is 6.23 Å². The number of aldehydes is 1. The van der Waals surface area contributed by atoms with Gasteiger partial charge >= 0.3 is 0 Å². The molecule has 3 nitrogen and oxygen atoms in total. The number of ether oxygens (including phenoxy) is 1. The van der Waals surface area contributed by atoms with E-state index in [0.29, 0.717) is 0 Å². The average Bonchev–Trinajstić information content (AvgIpc) is 2.72. The molecule has 2 rings (SSSR count). The van der Waals surface area contributed by atoms with Crippen molar-refractivity contribution in [3.63, 3.8) is 0 Å². The summed E-state index contributed by atoms with van der Waals surface area (Å²) in [6.07, 6.45) is 3.57. The molecule has 96 valence electrons. The first-order valence-corrected chi connectivity index (χ1v) is 6.34. The summed E-state index contributed by atoms with van der Waals surface area (Å²) >= 11 is 0. The van der Waals surface area contributed by atoms with Crippen LogP contribution in [0.5, 0.6) is 5.75 Å². The molecule has 3 heteroatoms. The maximum absolute atomic E-state index is 11.0. The summed E-state index contributed by atoms with van der Waals surface area (Å²) < 4.78 is 5.59. The van der Waals surface area contributed by atoms with Gasteiger partial charge in [0.15, 0.2) is 6.29 Å². The number of carbonyl (C=O) groups is 1. The molecule has 0 aliphatic carbocycles. The maximum atomic E-state index is 11.0. The van der Waals surface area contributed by atoms with E-state index in [1.807, 2.05) is 36.1 Å². The summed E-state index contributed by atoms with van der Waals surface area (Å²) in [7, 11) is 0. The van der Waals surface area contributed by atoms with Crippen molar-refractivity contribution in [3.05, 3.63) is 36.4 Å². The van der Waals surface area contributed by atoms with Crippen LogP contribution in [0.4, 0.5) is 5.69 Å². The Kier molecular flexibility index (Phi) is 4.03. The van der Waals surface area contributed by atoms with Crippen molar-refractivity contribution < 1.29 is 9.53 Å². The highest BCUT2D eigenvalue weighted by Crippen LogP contribution is 2.36. The summed E-state index contributed by atoms with van der Waals surface area (Å²) in [6, 6.07) is 7.79. The van der Waals surface area contributed by atoms with Crippen LogP contribution in [-0.2, 0) is 4.79 Å². The monoisotopic (exact) mass is 245 g/mol. The van der Waals surface area contributed by atoms with E-state index in [0.717, 1.165) is 43.5 Å². The second kappa shape index (κ2) is 5.71. The summed E-state index contributed by atoms with van der Waals surface area (Å²) in [6.45, 7) is 6.78. The molecule has 1 aromatic rings. The van der Waals surface area contributed by atoms with Gasteiger partial charge in [0, 0.05) is 6.54 Å². The molecule has 0 saturated carbocycles. The van der Waals surface area contributed by atoms with Gasteiger partial charge in [0.1, 0.15) is 5.75 Å². The van der Waals surface area contributed by atoms with Crippen LogP contribution in [0.1, 0.15) is 26.2 Å². The summed E-state index contributed by atoms with van der Waals surface area (Å²) in [5, 5.41) is 0. The predicted molar refractivity (Wildman–Crippen MR) is 72.9 cm³/mol. The van der Waals surface area contributed by atoms with Gasteiger partial charge in [-0.15, -0.1) is 6.58 Å². The smallest absolute Gasteiger partial charge is 0.229 e. The van der Waals surface area contributed by atoms with Crippen molar-refractivity contribution in [2.45, 2.75) is 32.4 Å². The third-order valence-corrected chi connectivity index (χ3v) is 3.10. The molecule has 1 aliphatic rings. The standard InChI is InChI=1S/C15H19NO2/c1-12(2)7-5-6-10-16-13-8-3-4-9-14(13)18-15(16)11-17/h3-4,8-9,11,15H,1,5-7,10H2,2H3. The number of unbranched alkanes of at least 4 members (excludes halogenated alkanes) is 1. The van der Waals surface area contributed by atoms with Gasteiger partial charge in [-0.3, -0.25) is 4.79 Å². The Balaban J connectivity index is 1.97. The number of allylic oxidation sites excluding steroid dienone is 1. The van der Waals surface area contributed by atoms with Gasteiger partial charge in [-0.05, 0) is 38.3 Å². The molecule has 1 atom stereocenters. The lowest BCUT2D eigenvalue weighted by Gasteiger charge is -2.21. The van der Waals surface area contributed by atoms with E-state index in [9.17, 15) is 4.79 Å². The van der Waals surface area contributed by atoms with Crippen LogP contribution in [0, 0.1) is 0 Å². The first-order valence-electron chi connectivity index (χ1n) is 6.34. The first kappa shape index (κ1) is 12.7. The van der Waals surface area contributed by atoms with Crippen molar-refractivity contribution in [3.8, 4) is 5.75 Å². The summed E-state index contributed by atoms with van der Waals surface area (Å²) in [5.74, 6) is 0.800. The van der Waals surface area contributed by atoms with Crippen LogP contribution in [0.2, 0.25) is 0 Å². The van der Waals surface area contributed by atoms with Crippen molar-refractivity contribution in [2.75, 3.05) is 11.4 Å². The van der Waals surface area contributed by atoms with Crippen LogP contribution in [0.25, 0.3) is 0 Å². The van der Waals surface area contributed by atoms with Gasteiger partial charge in [-0.25, -0.2) is 0 Å². The van der Waals surface area contributed by atoms with E-state index in [1.54, 1.807) is 0 Å². The molecule has 1 unspecified atom stereocenters. The Morgan fingerprint density at radius 1 is 1.44 bits per heavy atom. The summed E-state index contributed by atoms with van der Waals surface area (Å²) in [4.78, 5) is 13.1. The molecule has 0 bridgehead atoms. The fourth-order valence-corrected chi connectivity index (χ4v) is 2.18. The molecule has 18 heavy (non-hydrogen) atoms. The van der Waals surface area contributed by atoms with Gasteiger partial charge in [0.05, 0.1) is 5.69 Å². The second-order valence-corrected chi connectivity index (χ2v) is 4.72. The SMILES string of the molecule is C=C(C)CCCCN1c2ccccc2OC1C=O. The van der Waals surface area contributed by atoms with E-state index < -0.39 is 6.23 Å². The molecule has 1 aromatic carbocycles. The van der Waals surface area contributed by atoms with E-state index in [4.69, 9.17) is 4.74 Å². The fraction of sp³-hybridized carbons (Fsp3) is 0.400. The number of benzene rings is 1. The van der Waals surface area contributed by atoms with Crippen molar-refractivity contribution in [1.82, 2.24) is 0 Å². The molecule has 0 amide bonds. The quantitative estimate of drug-likeness (QED) is 0.438. The number of rotatable bonds is 6. The number of para-hydroxylation sites is 2. The predicted octanol–water partition coefficient (Wildman–Crippen LogP) is 3.16. The number of hydrogen-bond acceptors (Lipinski definition) is 3. The first-order chi connectivity index (χ1) is 8.72. The lowest BCUT2D eigenvalue weighted by atomic mass is 10.1. The Bertz CT molecular complexity index is 442. The zero-order chi connectivity index (χ0) is 13.0. The average molecular weight is 245 g/mol. The van der Waals surface area contributed by atoms with Crippen LogP contribution in [0.3, 0.4) is 0 Å². The molecular weight excluding hydrogens is 226 g/mol. The minimum atomic E-state index is -0.466. The molecule has 0 fully saturated rings. The van der Waals surface area contributed by atoms with Crippen LogP contribution in [-0.4, -0.2) is 19.1 Å². The number of hydrogen-bond donors (Lipinski definition) is 0. The molecule has 1 aliphatic heterocycles. The Labute approximate surface area is 108 Å². The van der Waals surface area contributed by atoms with E-state index in [-0.39, 0.29) is 0 Å². The van der Waals surface area contributed by atoms with Gasteiger partial charge < -0.3 is 9.64 Å². The number of nitrogens with zero attached hydrogens (tertiary/aromatic N) is 1. The normalized spacial score (nSPS) is 17.2.